The molecule has 2 fully saturated rings. The van der Waals surface area contributed by atoms with Gasteiger partial charge in [-0.3, -0.25) is 9.69 Å². The van der Waals surface area contributed by atoms with Crippen LogP contribution < -0.4 is 0 Å². The van der Waals surface area contributed by atoms with Gasteiger partial charge in [0.25, 0.3) is 0 Å². The van der Waals surface area contributed by atoms with Crippen LogP contribution in [-0.2, 0) is 4.79 Å². The van der Waals surface area contributed by atoms with Gasteiger partial charge < -0.3 is 5.11 Å². The Balaban J connectivity index is 2.20. The van der Waals surface area contributed by atoms with Gasteiger partial charge in [0.15, 0.2) is 0 Å². The summed E-state index contributed by atoms with van der Waals surface area (Å²) in [4.78, 5) is 13.3. The summed E-state index contributed by atoms with van der Waals surface area (Å²) >= 11 is 0. The van der Waals surface area contributed by atoms with Crippen molar-refractivity contribution in [2.75, 3.05) is 0 Å². The van der Waals surface area contributed by atoms with Crippen molar-refractivity contribution in [3.8, 4) is 0 Å². The lowest BCUT2D eigenvalue weighted by Crippen LogP contribution is -2.49. The second-order valence-corrected chi connectivity index (χ2v) is 4.55. The maximum absolute atomic E-state index is 11.1. The molecule has 0 aromatic carbocycles. The molecule has 74 valence electrons. The molecule has 3 unspecified atom stereocenters. The lowest BCUT2D eigenvalue weighted by Gasteiger charge is -2.35. The molecule has 2 rings (SSSR count). The Morgan fingerprint density at radius 1 is 1.46 bits per heavy atom. The Morgan fingerprint density at radius 2 is 2.15 bits per heavy atom. The van der Waals surface area contributed by atoms with Gasteiger partial charge in [-0.25, -0.2) is 0 Å². The second kappa shape index (κ2) is 2.98. The van der Waals surface area contributed by atoms with E-state index in [-0.39, 0.29) is 6.04 Å². The van der Waals surface area contributed by atoms with E-state index >= 15 is 0 Å². The lowest BCUT2D eigenvalue weighted by molar-refractivity contribution is -0.145. The highest BCUT2D eigenvalue weighted by Crippen LogP contribution is 2.43. The van der Waals surface area contributed by atoms with Crippen molar-refractivity contribution in [2.24, 2.45) is 5.92 Å². The van der Waals surface area contributed by atoms with Gasteiger partial charge >= 0.3 is 5.97 Å². The van der Waals surface area contributed by atoms with Gasteiger partial charge in [0.05, 0.1) is 0 Å². The van der Waals surface area contributed by atoms with Gasteiger partial charge in [-0.15, -0.1) is 0 Å². The van der Waals surface area contributed by atoms with Crippen molar-refractivity contribution in [3.63, 3.8) is 0 Å². The number of fused-ring (bicyclic) bond motifs is 2. The van der Waals surface area contributed by atoms with Crippen LogP contribution in [0.5, 0.6) is 0 Å². The van der Waals surface area contributed by atoms with E-state index in [9.17, 15) is 4.79 Å². The van der Waals surface area contributed by atoms with Crippen molar-refractivity contribution >= 4 is 5.97 Å². The SMILES string of the molecule is CC(C)N1C2CCC(C2)C1C(=O)O. The largest absolute Gasteiger partial charge is 0.480 e. The Labute approximate surface area is 78.7 Å². The summed E-state index contributed by atoms with van der Waals surface area (Å²) in [6.45, 7) is 4.19. The topological polar surface area (TPSA) is 40.5 Å². The molecule has 0 radical (unpaired) electrons. The van der Waals surface area contributed by atoms with Gasteiger partial charge in [0.1, 0.15) is 6.04 Å². The molecule has 2 bridgehead atoms. The quantitative estimate of drug-likeness (QED) is 0.702. The average Bonchev–Trinajstić information content (AvgIpc) is 2.60. The van der Waals surface area contributed by atoms with Crippen LogP contribution in [0.25, 0.3) is 0 Å². The molecule has 0 amide bonds. The van der Waals surface area contributed by atoms with Crippen LogP contribution in [0.1, 0.15) is 33.1 Å². The van der Waals surface area contributed by atoms with Crippen LogP contribution >= 0.6 is 0 Å². The number of piperidine rings is 1. The number of hydrogen-bond acceptors (Lipinski definition) is 2. The van der Waals surface area contributed by atoms with Gasteiger partial charge in [-0.1, -0.05) is 0 Å². The van der Waals surface area contributed by atoms with Crippen LogP contribution in [0, 0.1) is 5.92 Å². The predicted molar refractivity (Wildman–Crippen MR) is 49.5 cm³/mol. The molecule has 1 N–H and O–H groups in total. The number of carboxylic acids is 1. The summed E-state index contributed by atoms with van der Waals surface area (Å²) in [6.07, 6.45) is 3.42. The zero-order valence-electron chi connectivity index (χ0n) is 8.23. The molecule has 3 nitrogen and oxygen atoms in total. The predicted octanol–water partition coefficient (Wildman–Crippen LogP) is 1.33. The van der Waals surface area contributed by atoms with E-state index in [1.807, 2.05) is 0 Å². The van der Waals surface area contributed by atoms with E-state index < -0.39 is 5.97 Å². The van der Waals surface area contributed by atoms with Gasteiger partial charge in [0, 0.05) is 12.1 Å². The highest BCUT2D eigenvalue weighted by atomic mass is 16.4. The Morgan fingerprint density at radius 3 is 2.62 bits per heavy atom. The number of likely N-dealkylation sites (tertiary alicyclic amines) is 1. The summed E-state index contributed by atoms with van der Waals surface area (Å²) in [5.41, 5.74) is 0. The molecule has 0 aromatic heterocycles. The fourth-order valence-electron chi connectivity index (χ4n) is 3.09. The van der Waals surface area contributed by atoms with E-state index in [1.165, 1.54) is 6.42 Å². The molecule has 1 saturated heterocycles. The van der Waals surface area contributed by atoms with Crippen LogP contribution in [0.4, 0.5) is 0 Å². The number of rotatable bonds is 2. The van der Waals surface area contributed by atoms with Crippen molar-refractivity contribution in [1.82, 2.24) is 4.90 Å². The van der Waals surface area contributed by atoms with Crippen molar-refractivity contribution in [3.05, 3.63) is 0 Å². The first-order valence-electron chi connectivity index (χ1n) is 5.11. The summed E-state index contributed by atoms with van der Waals surface area (Å²) in [6, 6.07) is 0.723. The van der Waals surface area contributed by atoms with Crippen molar-refractivity contribution < 1.29 is 9.90 Å². The van der Waals surface area contributed by atoms with E-state index in [2.05, 4.69) is 18.7 Å². The third-order valence-electron chi connectivity index (χ3n) is 3.48. The van der Waals surface area contributed by atoms with E-state index in [0.29, 0.717) is 18.0 Å². The third kappa shape index (κ3) is 1.26. The van der Waals surface area contributed by atoms with Crippen molar-refractivity contribution in [2.45, 2.75) is 51.2 Å². The number of carbonyl (C=O) groups is 1. The van der Waals surface area contributed by atoms with Crippen LogP contribution in [0.15, 0.2) is 0 Å². The Bertz CT molecular complexity index is 227. The number of nitrogens with zero attached hydrogens (tertiary/aromatic N) is 1. The first-order valence-corrected chi connectivity index (χ1v) is 5.11. The minimum absolute atomic E-state index is 0.196. The molecule has 13 heavy (non-hydrogen) atoms. The highest BCUT2D eigenvalue weighted by molar-refractivity contribution is 5.74. The standard InChI is InChI=1S/C10H17NO2/c1-6(2)11-8-4-3-7(5-8)9(11)10(12)13/h6-9H,3-5H2,1-2H3,(H,12,13). The lowest BCUT2D eigenvalue weighted by atomic mass is 9.98. The second-order valence-electron chi connectivity index (χ2n) is 4.55. The zero-order valence-corrected chi connectivity index (χ0v) is 8.23. The minimum atomic E-state index is -0.624. The average molecular weight is 183 g/mol. The molecule has 3 heteroatoms. The molecule has 2 aliphatic rings. The molecule has 1 aliphatic heterocycles. The fourth-order valence-corrected chi connectivity index (χ4v) is 3.09. The van der Waals surface area contributed by atoms with E-state index in [4.69, 9.17) is 5.11 Å². The first kappa shape index (κ1) is 9.00. The van der Waals surface area contributed by atoms with E-state index in [1.54, 1.807) is 0 Å². The summed E-state index contributed by atoms with van der Waals surface area (Å²) in [7, 11) is 0. The monoisotopic (exact) mass is 183 g/mol. The summed E-state index contributed by atoms with van der Waals surface area (Å²) in [5.74, 6) is -0.203. The van der Waals surface area contributed by atoms with Crippen LogP contribution in [0.3, 0.4) is 0 Å². The first-order chi connectivity index (χ1) is 6.11. The third-order valence-corrected chi connectivity index (χ3v) is 3.48. The maximum atomic E-state index is 11.1. The van der Waals surface area contributed by atoms with E-state index in [0.717, 1.165) is 12.8 Å². The van der Waals surface area contributed by atoms with Crippen molar-refractivity contribution in [1.29, 1.82) is 0 Å². The molecule has 3 atom stereocenters. The molecule has 0 aromatic rings. The summed E-state index contributed by atoms with van der Waals surface area (Å²) < 4.78 is 0. The van der Waals surface area contributed by atoms with Crippen LogP contribution in [0.2, 0.25) is 0 Å². The number of hydrogen-bond donors (Lipinski definition) is 1. The highest BCUT2D eigenvalue weighted by Gasteiger charge is 2.49. The molecular formula is C10H17NO2. The molecule has 0 spiro atoms. The zero-order chi connectivity index (χ0) is 9.59. The smallest absolute Gasteiger partial charge is 0.321 e. The van der Waals surface area contributed by atoms with Crippen LogP contribution in [-0.4, -0.2) is 34.1 Å². The number of carboxylic acid groups (broad SMARTS) is 1. The normalized spacial score (nSPS) is 38.8. The molecule has 1 heterocycles. The summed E-state index contributed by atoms with van der Waals surface area (Å²) in [5, 5.41) is 9.11. The van der Waals surface area contributed by atoms with Gasteiger partial charge in [-0.2, -0.15) is 0 Å². The van der Waals surface area contributed by atoms with Gasteiger partial charge in [-0.05, 0) is 39.0 Å². The Kier molecular flexibility index (Phi) is 2.06. The molecule has 1 saturated carbocycles. The Hall–Kier alpha value is -0.570. The molecule has 1 aliphatic carbocycles. The minimum Gasteiger partial charge on any atom is -0.480 e. The van der Waals surface area contributed by atoms with Gasteiger partial charge in [0.2, 0.25) is 0 Å². The number of aliphatic carboxylic acids is 1. The fraction of sp³-hybridized carbons (Fsp3) is 0.900. The maximum Gasteiger partial charge on any atom is 0.321 e. The molecular weight excluding hydrogens is 166 g/mol.